The third kappa shape index (κ3) is 3.79. The number of pyridine rings is 1. The van der Waals surface area contributed by atoms with Gasteiger partial charge in [-0.25, -0.2) is 18.2 Å². The summed E-state index contributed by atoms with van der Waals surface area (Å²) in [6, 6.07) is 6.41. The van der Waals surface area contributed by atoms with Crippen LogP contribution in [0.15, 0.2) is 41.5 Å². The van der Waals surface area contributed by atoms with Crippen LogP contribution in [-0.2, 0) is 4.74 Å². The molecule has 3 rings (SSSR count). The maximum absolute atomic E-state index is 14.0. The van der Waals surface area contributed by atoms with Gasteiger partial charge in [0.2, 0.25) is 0 Å². The molecule has 1 aromatic carbocycles. The molecule has 1 N–H and O–H groups in total. The first-order chi connectivity index (χ1) is 11.5. The maximum Gasteiger partial charge on any atom is 0.289 e. The van der Waals surface area contributed by atoms with Crippen molar-refractivity contribution in [2.75, 3.05) is 11.9 Å². The fourth-order valence-corrected chi connectivity index (χ4v) is 2.33. The van der Waals surface area contributed by atoms with E-state index in [1.807, 2.05) is 0 Å². The third-order valence-corrected chi connectivity index (χ3v) is 3.68. The monoisotopic (exact) mass is 355 g/mol. The van der Waals surface area contributed by atoms with Crippen LogP contribution in [0.5, 0.6) is 0 Å². The van der Waals surface area contributed by atoms with Gasteiger partial charge in [0, 0.05) is 18.2 Å². The summed E-state index contributed by atoms with van der Waals surface area (Å²) in [5.74, 6) is -0.557. The Bertz CT molecular complexity index is 753. The normalized spacial score (nSPS) is 17.4. The third-order valence-electron chi connectivity index (χ3n) is 3.46. The number of hydrogen-bond acceptors (Lipinski definition) is 4. The SMILES string of the molecule is Fc1ccc(-c2ccc(Cl)cn2)cc1NC1=N[C@H](C(F)F)CCO1. The van der Waals surface area contributed by atoms with E-state index in [9.17, 15) is 13.2 Å². The van der Waals surface area contributed by atoms with Gasteiger partial charge in [-0.15, -0.1) is 0 Å². The zero-order valence-electron chi connectivity index (χ0n) is 12.3. The Balaban J connectivity index is 1.85. The molecule has 1 aromatic heterocycles. The highest BCUT2D eigenvalue weighted by Gasteiger charge is 2.25. The van der Waals surface area contributed by atoms with E-state index in [2.05, 4.69) is 15.3 Å². The molecule has 2 heterocycles. The predicted molar refractivity (Wildman–Crippen MR) is 86.1 cm³/mol. The lowest BCUT2D eigenvalue weighted by molar-refractivity contribution is 0.0931. The lowest BCUT2D eigenvalue weighted by Crippen LogP contribution is -2.30. The molecular weight excluding hydrogens is 343 g/mol. The fourth-order valence-electron chi connectivity index (χ4n) is 2.22. The number of hydrogen-bond donors (Lipinski definition) is 1. The average molecular weight is 356 g/mol. The number of benzene rings is 1. The number of anilines is 1. The summed E-state index contributed by atoms with van der Waals surface area (Å²) in [6.07, 6.45) is -0.977. The molecule has 0 fully saturated rings. The van der Waals surface area contributed by atoms with Crippen molar-refractivity contribution >= 4 is 23.3 Å². The Morgan fingerprint density at radius 2 is 2.08 bits per heavy atom. The second-order valence-corrected chi connectivity index (χ2v) is 5.59. The summed E-state index contributed by atoms with van der Waals surface area (Å²) >= 11 is 5.80. The van der Waals surface area contributed by atoms with E-state index >= 15 is 0 Å². The summed E-state index contributed by atoms with van der Waals surface area (Å²) in [7, 11) is 0. The van der Waals surface area contributed by atoms with E-state index in [4.69, 9.17) is 16.3 Å². The van der Waals surface area contributed by atoms with Gasteiger partial charge in [-0.3, -0.25) is 4.98 Å². The van der Waals surface area contributed by atoms with Gasteiger partial charge in [-0.1, -0.05) is 11.6 Å². The summed E-state index contributed by atoms with van der Waals surface area (Å²) in [5.41, 5.74) is 1.30. The summed E-state index contributed by atoms with van der Waals surface area (Å²) in [4.78, 5) is 7.92. The predicted octanol–water partition coefficient (Wildman–Crippen LogP) is 4.36. The fraction of sp³-hybridized carbons (Fsp3) is 0.250. The van der Waals surface area contributed by atoms with Crippen molar-refractivity contribution in [3.8, 4) is 11.3 Å². The zero-order valence-corrected chi connectivity index (χ0v) is 13.1. The number of aliphatic imine (C=N–C) groups is 1. The molecule has 1 aliphatic heterocycles. The highest BCUT2D eigenvalue weighted by atomic mass is 35.5. The van der Waals surface area contributed by atoms with Gasteiger partial charge < -0.3 is 10.1 Å². The topological polar surface area (TPSA) is 46.5 Å². The Kier molecular flexibility index (Phi) is 4.89. The molecule has 0 unspecified atom stereocenters. The van der Waals surface area contributed by atoms with Crippen LogP contribution >= 0.6 is 11.6 Å². The summed E-state index contributed by atoms with van der Waals surface area (Å²) in [5, 5.41) is 3.11. The Labute approximate surface area is 141 Å². The van der Waals surface area contributed by atoms with Crippen molar-refractivity contribution in [2.45, 2.75) is 18.9 Å². The van der Waals surface area contributed by atoms with Crippen LogP contribution in [0.25, 0.3) is 11.3 Å². The maximum atomic E-state index is 14.0. The number of halogens is 4. The van der Waals surface area contributed by atoms with Crippen molar-refractivity contribution in [3.63, 3.8) is 0 Å². The molecule has 1 aliphatic rings. The molecule has 0 saturated heterocycles. The Morgan fingerprint density at radius 1 is 1.25 bits per heavy atom. The second-order valence-electron chi connectivity index (χ2n) is 5.15. The van der Waals surface area contributed by atoms with Crippen LogP contribution in [0.2, 0.25) is 5.02 Å². The molecule has 0 spiro atoms. The Morgan fingerprint density at radius 3 is 2.79 bits per heavy atom. The van der Waals surface area contributed by atoms with E-state index in [0.717, 1.165) is 0 Å². The largest absolute Gasteiger partial charge is 0.465 e. The molecular formula is C16H13ClF3N3O. The zero-order chi connectivity index (χ0) is 17.1. The number of nitrogens with one attached hydrogen (secondary N) is 1. The highest BCUT2D eigenvalue weighted by Crippen LogP contribution is 2.25. The molecule has 24 heavy (non-hydrogen) atoms. The van der Waals surface area contributed by atoms with Crippen molar-refractivity contribution in [1.29, 1.82) is 0 Å². The minimum absolute atomic E-state index is 0.0675. The minimum atomic E-state index is -2.58. The molecule has 0 radical (unpaired) electrons. The molecule has 2 aromatic rings. The molecule has 1 atom stereocenters. The first-order valence-electron chi connectivity index (χ1n) is 7.20. The van der Waals surface area contributed by atoms with E-state index in [1.54, 1.807) is 18.2 Å². The first kappa shape index (κ1) is 16.6. The smallest absolute Gasteiger partial charge is 0.289 e. The van der Waals surface area contributed by atoms with E-state index in [1.165, 1.54) is 18.3 Å². The van der Waals surface area contributed by atoms with E-state index in [-0.39, 0.29) is 24.7 Å². The van der Waals surface area contributed by atoms with Crippen LogP contribution < -0.4 is 5.32 Å². The van der Waals surface area contributed by atoms with Gasteiger partial charge in [0.1, 0.15) is 11.9 Å². The molecule has 4 nitrogen and oxygen atoms in total. The van der Waals surface area contributed by atoms with E-state index < -0.39 is 18.3 Å². The molecule has 126 valence electrons. The second kappa shape index (κ2) is 7.09. The van der Waals surface area contributed by atoms with Gasteiger partial charge in [0.15, 0.2) is 0 Å². The minimum Gasteiger partial charge on any atom is -0.465 e. The number of alkyl halides is 2. The standard InChI is InChI=1S/C16H13ClF3N3O/c17-10-2-4-12(21-8-10)9-1-3-11(18)14(7-9)23-16-22-13(15(19)20)5-6-24-16/h1-4,7-8,13,15H,5-6H2,(H,22,23)/t13-/m0/s1. The van der Waals surface area contributed by atoms with Gasteiger partial charge in [0.05, 0.1) is 23.0 Å². The number of aromatic nitrogens is 1. The van der Waals surface area contributed by atoms with Crippen molar-refractivity contribution in [2.24, 2.45) is 4.99 Å². The van der Waals surface area contributed by atoms with Crippen LogP contribution in [0, 0.1) is 5.82 Å². The van der Waals surface area contributed by atoms with Crippen LogP contribution in [-0.4, -0.2) is 30.1 Å². The lowest BCUT2D eigenvalue weighted by Gasteiger charge is -2.21. The Hall–Kier alpha value is -2.28. The van der Waals surface area contributed by atoms with Crippen LogP contribution in [0.4, 0.5) is 18.9 Å². The van der Waals surface area contributed by atoms with Gasteiger partial charge >= 0.3 is 0 Å². The number of rotatable bonds is 3. The van der Waals surface area contributed by atoms with Gasteiger partial charge in [-0.2, -0.15) is 0 Å². The summed E-state index contributed by atoms with van der Waals surface area (Å²) < 4.78 is 44.7. The van der Waals surface area contributed by atoms with Crippen LogP contribution in [0.3, 0.4) is 0 Å². The first-order valence-corrected chi connectivity index (χ1v) is 7.58. The molecule has 0 saturated carbocycles. The molecule has 0 aliphatic carbocycles. The van der Waals surface area contributed by atoms with Gasteiger partial charge in [-0.05, 0) is 30.3 Å². The highest BCUT2D eigenvalue weighted by molar-refractivity contribution is 6.30. The average Bonchev–Trinajstić information content (AvgIpc) is 2.58. The number of nitrogens with zero attached hydrogens (tertiary/aromatic N) is 2. The molecule has 0 amide bonds. The lowest BCUT2D eigenvalue weighted by atomic mass is 10.1. The van der Waals surface area contributed by atoms with Crippen molar-refractivity contribution < 1.29 is 17.9 Å². The van der Waals surface area contributed by atoms with Crippen molar-refractivity contribution in [1.82, 2.24) is 4.98 Å². The quantitative estimate of drug-likeness (QED) is 0.889. The van der Waals surface area contributed by atoms with Crippen LogP contribution in [0.1, 0.15) is 6.42 Å². The summed E-state index contributed by atoms with van der Waals surface area (Å²) in [6.45, 7) is 0.0981. The van der Waals surface area contributed by atoms with E-state index in [0.29, 0.717) is 16.3 Å². The number of ether oxygens (including phenoxy) is 1. The molecule has 0 bridgehead atoms. The molecule has 8 heteroatoms. The number of amidine groups is 1. The van der Waals surface area contributed by atoms with Crippen molar-refractivity contribution in [3.05, 3.63) is 47.4 Å². The van der Waals surface area contributed by atoms with Gasteiger partial charge in [0.25, 0.3) is 12.4 Å².